The summed E-state index contributed by atoms with van der Waals surface area (Å²) in [7, 11) is 0. The predicted molar refractivity (Wildman–Crippen MR) is 108 cm³/mol. The van der Waals surface area contributed by atoms with Gasteiger partial charge in [0.05, 0.1) is 24.3 Å². The minimum Gasteiger partial charge on any atom is -0.340 e. The van der Waals surface area contributed by atoms with Gasteiger partial charge < -0.3 is 5.32 Å². The zero-order valence-electron chi connectivity index (χ0n) is 14.7. The zero-order valence-corrected chi connectivity index (χ0v) is 15.5. The van der Waals surface area contributed by atoms with Crippen LogP contribution in [0.1, 0.15) is 32.4 Å². The summed E-state index contributed by atoms with van der Waals surface area (Å²) in [5.74, 6) is -0.128. The van der Waals surface area contributed by atoms with Gasteiger partial charge in [-0.1, -0.05) is 66.7 Å². The summed E-state index contributed by atoms with van der Waals surface area (Å²) in [6, 6.07) is 24.0. The van der Waals surface area contributed by atoms with Crippen molar-refractivity contribution >= 4 is 17.2 Å². The molecule has 4 nitrogen and oxygen atoms in total. The molecule has 1 atom stereocenters. The summed E-state index contributed by atoms with van der Waals surface area (Å²) < 4.78 is 1.78. The van der Waals surface area contributed by atoms with E-state index in [-0.39, 0.29) is 11.9 Å². The van der Waals surface area contributed by atoms with Crippen molar-refractivity contribution in [3.63, 3.8) is 0 Å². The molecule has 2 aromatic heterocycles. The third-order valence-electron chi connectivity index (χ3n) is 4.32. The van der Waals surface area contributed by atoms with Crippen LogP contribution in [0, 0.1) is 0 Å². The van der Waals surface area contributed by atoms with E-state index in [0.717, 1.165) is 16.0 Å². The Kier molecular flexibility index (Phi) is 5.12. The van der Waals surface area contributed by atoms with Gasteiger partial charge in [0.25, 0.3) is 5.91 Å². The SMILES string of the molecule is O=C(NC(c1ccccc1)c1cccs1)c1cnn(Cc2ccccc2)c1. The van der Waals surface area contributed by atoms with E-state index < -0.39 is 0 Å². The van der Waals surface area contributed by atoms with Gasteiger partial charge in [-0.25, -0.2) is 0 Å². The molecule has 0 aliphatic heterocycles. The minimum atomic E-state index is -0.170. The highest BCUT2D eigenvalue weighted by atomic mass is 32.1. The Balaban J connectivity index is 1.52. The van der Waals surface area contributed by atoms with Crippen molar-refractivity contribution in [2.24, 2.45) is 0 Å². The number of amides is 1. The standard InChI is InChI=1S/C22H19N3OS/c26-22(19-14-23-25(16-19)15-17-8-3-1-4-9-17)24-21(20-12-7-13-27-20)18-10-5-2-6-11-18/h1-14,16,21H,15H2,(H,24,26). The van der Waals surface area contributed by atoms with Crippen molar-refractivity contribution in [2.75, 3.05) is 0 Å². The van der Waals surface area contributed by atoms with Crippen LogP contribution in [0.5, 0.6) is 0 Å². The normalized spacial score (nSPS) is 11.9. The molecule has 0 spiro atoms. The third-order valence-corrected chi connectivity index (χ3v) is 5.26. The van der Waals surface area contributed by atoms with Crippen molar-refractivity contribution in [2.45, 2.75) is 12.6 Å². The van der Waals surface area contributed by atoms with E-state index in [9.17, 15) is 4.79 Å². The molecule has 2 heterocycles. The molecule has 1 amide bonds. The van der Waals surface area contributed by atoms with Gasteiger partial charge in [-0.05, 0) is 22.6 Å². The Bertz CT molecular complexity index is 995. The number of aromatic nitrogens is 2. The maximum absolute atomic E-state index is 12.8. The molecular formula is C22H19N3OS. The first kappa shape index (κ1) is 17.2. The highest BCUT2D eigenvalue weighted by Crippen LogP contribution is 2.26. The number of carbonyl (C=O) groups excluding carboxylic acids is 1. The summed E-state index contributed by atoms with van der Waals surface area (Å²) in [6.45, 7) is 0.640. The maximum atomic E-state index is 12.8. The Morgan fingerprint density at radius 2 is 1.74 bits per heavy atom. The van der Waals surface area contributed by atoms with Crippen LogP contribution in [0.15, 0.2) is 90.6 Å². The topological polar surface area (TPSA) is 46.9 Å². The molecule has 1 N–H and O–H groups in total. The second-order valence-corrected chi connectivity index (χ2v) is 7.22. The zero-order chi connectivity index (χ0) is 18.5. The van der Waals surface area contributed by atoms with Crippen molar-refractivity contribution in [1.82, 2.24) is 15.1 Å². The fraction of sp³-hybridized carbons (Fsp3) is 0.0909. The summed E-state index contributed by atoms with van der Waals surface area (Å²) >= 11 is 1.63. The predicted octanol–water partition coefficient (Wildman–Crippen LogP) is 4.51. The lowest BCUT2D eigenvalue weighted by atomic mass is 10.1. The number of hydrogen-bond acceptors (Lipinski definition) is 3. The van der Waals surface area contributed by atoms with Crippen LogP contribution in [-0.4, -0.2) is 15.7 Å². The van der Waals surface area contributed by atoms with E-state index in [1.165, 1.54) is 0 Å². The van der Waals surface area contributed by atoms with Crippen molar-refractivity contribution in [3.05, 3.63) is 112 Å². The van der Waals surface area contributed by atoms with E-state index >= 15 is 0 Å². The molecule has 0 radical (unpaired) electrons. The molecular weight excluding hydrogens is 354 g/mol. The molecule has 4 aromatic rings. The fourth-order valence-electron chi connectivity index (χ4n) is 2.97. The van der Waals surface area contributed by atoms with Crippen molar-refractivity contribution in [3.8, 4) is 0 Å². The van der Waals surface area contributed by atoms with Crippen LogP contribution in [0.3, 0.4) is 0 Å². The molecule has 0 bridgehead atoms. The van der Waals surface area contributed by atoms with Crippen molar-refractivity contribution < 1.29 is 4.79 Å². The maximum Gasteiger partial charge on any atom is 0.255 e. The number of nitrogens with zero attached hydrogens (tertiary/aromatic N) is 2. The Morgan fingerprint density at radius 3 is 2.44 bits per heavy atom. The number of hydrogen-bond donors (Lipinski definition) is 1. The first-order valence-corrected chi connectivity index (χ1v) is 9.63. The first-order chi connectivity index (χ1) is 13.3. The molecule has 0 aliphatic carbocycles. The molecule has 134 valence electrons. The number of nitrogens with one attached hydrogen (secondary N) is 1. The molecule has 2 aromatic carbocycles. The van der Waals surface area contributed by atoms with Gasteiger partial charge >= 0.3 is 0 Å². The minimum absolute atomic E-state index is 0.128. The van der Waals surface area contributed by atoms with E-state index in [1.807, 2.05) is 78.2 Å². The Hall–Kier alpha value is -3.18. The van der Waals surface area contributed by atoms with E-state index in [4.69, 9.17) is 0 Å². The number of carbonyl (C=O) groups is 1. The third kappa shape index (κ3) is 4.15. The molecule has 0 saturated carbocycles. The lowest BCUT2D eigenvalue weighted by Gasteiger charge is -2.17. The second-order valence-electron chi connectivity index (χ2n) is 6.24. The van der Waals surface area contributed by atoms with Gasteiger partial charge in [-0.2, -0.15) is 5.10 Å². The van der Waals surface area contributed by atoms with Crippen LogP contribution in [0.4, 0.5) is 0 Å². The molecule has 0 saturated heterocycles. The molecule has 1 unspecified atom stereocenters. The van der Waals surface area contributed by atoms with Gasteiger partial charge in [0.1, 0.15) is 0 Å². The van der Waals surface area contributed by atoms with E-state index in [0.29, 0.717) is 12.1 Å². The summed E-state index contributed by atoms with van der Waals surface area (Å²) in [5, 5.41) is 9.50. The fourth-order valence-corrected chi connectivity index (χ4v) is 3.77. The van der Waals surface area contributed by atoms with Crippen LogP contribution in [0.25, 0.3) is 0 Å². The van der Waals surface area contributed by atoms with Crippen LogP contribution in [0.2, 0.25) is 0 Å². The Morgan fingerprint density at radius 1 is 1.00 bits per heavy atom. The lowest BCUT2D eigenvalue weighted by molar-refractivity contribution is 0.0943. The number of thiophene rings is 1. The summed E-state index contributed by atoms with van der Waals surface area (Å²) in [4.78, 5) is 13.9. The summed E-state index contributed by atoms with van der Waals surface area (Å²) in [5.41, 5.74) is 2.77. The average Bonchev–Trinajstić information content (AvgIpc) is 3.40. The molecule has 4 rings (SSSR count). The van der Waals surface area contributed by atoms with Crippen LogP contribution in [-0.2, 0) is 6.54 Å². The molecule has 27 heavy (non-hydrogen) atoms. The summed E-state index contributed by atoms with van der Waals surface area (Å²) in [6.07, 6.45) is 3.41. The highest BCUT2D eigenvalue weighted by molar-refractivity contribution is 7.10. The van der Waals surface area contributed by atoms with E-state index in [2.05, 4.69) is 10.4 Å². The lowest BCUT2D eigenvalue weighted by Crippen LogP contribution is -2.28. The quantitative estimate of drug-likeness (QED) is 0.540. The molecule has 0 aliphatic rings. The van der Waals surface area contributed by atoms with E-state index in [1.54, 1.807) is 28.4 Å². The molecule has 0 fully saturated rings. The van der Waals surface area contributed by atoms with Gasteiger partial charge in [-0.15, -0.1) is 11.3 Å². The van der Waals surface area contributed by atoms with Gasteiger partial charge in [-0.3, -0.25) is 9.48 Å². The van der Waals surface area contributed by atoms with Gasteiger partial charge in [0.2, 0.25) is 0 Å². The number of rotatable bonds is 6. The van der Waals surface area contributed by atoms with Gasteiger partial charge in [0.15, 0.2) is 0 Å². The smallest absolute Gasteiger partial charge is 0.255 e. The monoisotopic (exact) mass is 373 g/mol. The first-order valence-electron chi connectivity index (χ1n) is 8.75. The van der Waals surface area contributed by atoms with Crippen molar-refractivity contribution in [1.29, 1.82) is 0 Å². The highest BCUT2D eigenvalue weighted by Gasteiger charge is 2.19. The average molecular weight is 373 g/mol. The molecule has 5 heteroatoms. The Labute approximate surface area is 162 Å². The van der Waals surface area contributed by atoms with Crippen LogP contribution < -0.4 is 5.32 Å². The van der Waals surface area contributed by atoms with Crippen LogP contribution >= 0.6 is 11.3 Å². The van der Waals surface area contributed by atoms with Gasteiger partial charge in [0, 0.05) is 11.1 Å². The number of benzene rings is 2. The second kappa shape index (κ2) is 8.01. The largest absolute Gasteiger partial charge is 0.340 e.